The Hall–Kier alpha value is -0.120. The molecule has 0 rings (SSSR count). The van der Waals surface area contributed by atoms with E-state index in [4.69, 9.17) is 9.47 Å². The van der Waals surface area contributed by atoms with E-state index in [2.05, 4.69) is 39.9 Å². The third-order valence-corrected chi connectivity index (χ3v) is 3.21. The van der Waals surface area contributed by atoms with E-state index >= 15 is 0 Å². The summed E-state index contributed by atoms with van der Waals surface area (Å²) in [5, 5.41) is 3.34. The third kappa shape index (κ3) is 4.40. The van der Waals surface area contributed by atoms with E-state index in [1.54, 1.807) is 0 Å². The molecule has 0 aliphatic heterocycles. The summed E-state index contributed by atoms with van der Waals surface area (Å²) in [4.78, 5) is 0. The monoisotopic (exact) mass is 231 g/mol. The van der Waals surface area contributed by atoms with Gasteiger partial charge in [-0.25, -0.2) is 0 Å². The average Bonchev–Trinajstić information content (AvgIpc) is 2.27. The molecule has 0 bridgehead atoms. The minimum Gasteiger partial charge on any atom is -0.377 e. The molecular formula is C13H29NO2. The molecule has 0 saturated carbocycles. The summed E-state index contributed by atoms with van der Waals surface area (Å²) in [5.41, 5.74) is -0.0988. The van der Waals surface area contributed by atoms with E-state index in [0.717, 1.165) is 19.4 Å². The van der Waals surface area contributed by atoms with Crippen LogP contribution in [0.25, 0.3) is 0 Å². The molecule has 0 heterocycles. The normalized spacial score (nSPS) is 14.4. The van der Waals surface area contributed by atoms with E-state index in [0.29, 0.717) is 6.61 Å². The standard InChI is InChI=1S/C13H29NO2/c1-7-13(8-2,16-9-3)12(14-6)10-15-11(4)5/h11-12,14H,7-10H2,1-6H3. The Kier molecular flexibility index (Phi) is 7.98. The third-order valence-electron chi connectivity index (χ3n) is 3.21. The van der Waals surface area contributed by atoms with Gasteiger partial charge in [0.25, 0.3) is 0 Å². The summed E-state index contributed by atoms with van der Waals surface area (Å²) in [6.07, 6.45) is 2.28. The van der Waals surface area contributed by atoms with Crippen molar-refractivity contribution < 1.29 is 9.47 Å². The molecule has 3 heteroatoms. The van der Waals surface area contributed by atoms with Crippen molar-refractivity contribution in [2.45, 2.75) is 65.2 Å². The fraction of sp³-hybridized carbons (Fsp3) is 1.00. The molecule has 1 N–H and O–H groups in total. The maximum atomic E-state index is 5.97. The predicted molar refractivity (Wildman–Crippen MR) is 68.9 cm³/mol. The van der Waals surface area contributed by atoms with Gasteiger partial charge in [-0.05, 0) is 40.7 Å². The largest absolute Gasteiger partial charge is 0.377 e. The summed E-state index contributed by atoms with van der Waals surface area (Å²) in [6.45, 7) is 12.0. The number of hydrogen-bond donors (Lipinski definition) is 1. The molecule has 0 aliphatic rings. The molecule has 1 unspecified atom stereocenters. The molecule has 16 heavy (non-hydrogen) atoms. The Morgan fingerprint density at radius 2 is 1.69 bits per heavy atom. The van der Waals surface area contributed by atoms with Crippen LogP contribution in [-0.2, 0) is 9.47 Å². The molecule has 0 radical (unpaired) electrons. The van der Waals surface area contributed by atoms with Gasteiger partial charge >= 0.3 is 0 Å². The number of likely N-dealkylation sites (N-methyl/N-ethyl adjacent to an activating group) is 1. The SMILES string of the molecule is CCOC(CC)(CC)C(COC(C)C)NC. The fourth-order valence-electron chi connectivity index (χ4n) is 2.12. The zero-order valence-corrected chi connectivity index (χ0v) is 11.8. The molecule has 0 fully saturated rings. The lowest BCUT2D eigenvalue weighted by atomic mass is 9.88. The molecule has 0 aliphatic carbocycles. The Morgan fingerprint density at radius 1 is 1.12 bits per heavy atom. The van der Waals surface area contributed by atoms with Crippen LogP contribution in [0.15, 0.2) is 0 Å². The molecular weight excluding hydrogens is 202 g/mol. The highest BCUT2D eigenvalue weighted by molar-refractivity contribution is 4.91. The molecule has 0 saturated heterocycles. The number of ether oxygens (including phenoxy) is 2. The zero-order chi connectivity index (χ0) is 12.6. The lowest BCUT2D eigenvalue weighted by Gasteiger charge is -2.39. The van der Waals surface area contributed by atoms with Crippen LogP contribution in [0, 0.1) is 0 Å². The van der Waals surface area contributed by atoms with Gasteiger partial charge in [0.1, 0.15) is 0 Å². The fourth-order valence-corrected chi connectivity index (χ4v) is 2.12. The van der Waals surface area contributed by atoms with Crippen LogP contribution < -0.4 is 5.32 Å². The molecule has 1 atom stereocenters. The Balaban J connectivity index is 4.55. The summed E-state index contributed by atoms with van der Waals surface area (Å²) in [7, 11) is 1.98. The van der Waals surface area contributed by atoms with Crippen molar-refractivity contribution >= 4 is 0 Å². The zero-order valence-electron chi connectivity index (χ0n) is 11.8. The van der Waals surface area contributed by atoms with E-state index in [1.807, 2.05) is 7.05 Å². The van der Waals surface area contributed by atoms with Gasteiger partial charge < -0.3 is 14.8 Å². The van der Waals surface area contributed by atoms with E-state index in [9.17, 15) is 0 Å². The number of hydrogen-bond acceptors (Lipinski definition) is 3. The summed E-state index contributed by atoms with van der Waals surface area (Å²) in [6, 6.07) is 0.254. The smallest absolute Gasteiger partial charge is 0.0851 e. The molecule has 0 spiro atoms. The average molecular weight is 231 g/mol. The van der Waals surface area contributed by atoms with Crippen molar-refractivity contribution in [3.63, 3.8) is 0 Å². The van der Waals surface area contributed by atoms with Gasteiger partial charge in [0.15, 0.2) is 0 Å². The van der Waals surface area contributed by atoms with Gasteiger partial charge in [-0.1, -0.05) is 13.8 Å². The van der Waals surface area contributed by atoms with Gasteiger partial charge in [-0.2, -0.15) is 0 Å². The van der Waals surface area contributed by atoms with Crippen molar-refractivity contribution in [1.82, 2.24) is 5.32 Å². The molecule has 98 valence electrons. The van der Waals surface area contributed by atoms with Crippen LogP contribution in [0.2, 0.25) is 0 Å². The second-order valence-electron chi connectivity index (χ2n) is 4.43. The first kappa shape index (κ1) is 15.9. The van der Waals surface area contributed by atoms with Gasteiger partial charge in [0.2, 0.25) is 0 Å². The lowest BCUT2D eigenvalue weighted by Crippen LogP contribution is -2.53. The van der Waals surface area contributed by atoms with E-state index < -0.39 is 0 Å². The van der Waals surface area contributed by atoms with Gasteiger partial charge in [0, 0.05) is 6.61 Å². The van der Waals surface area contributed by atoms with Crippen LogP contribution in [0.4, 0.5) is 0 Å². The van der Waals surface area contributed by atoms with E-state index in [-0.39, 0.29) is 17.7 Å². The maximum absolute atomic E-state index is 5.97. The molecule has 0 aromatic rings. The van der Waals surface area contributed by atoms with Crippen LogP contribution in [0.3, 0.4) is 0 Å². The van der Waals surface area contributed by atoms with E-state index in [1.165, 1.54) is 0 Å². The highest BCUT2D eigenvalue weighted by Crippen LogP contribution is 2.25. The van der Waals surface area contributed by atoms with Crippen LogP contribution in [-0.4, -0.2) is 38.0 Å². The lowest BCUT2D eigenvalue weighted by molar-refractivity contribution is -0.0931. The van der Waals surface area contributed by atoms with Crippen molar-refractivity contribution in [2.24, 2.45) is 0 Å². The summed E-state index contributed by atoms with van der Waals surface area (Å²) < 4.78 is 11.7. The highest BCUT2D eigenvalue weighted by Gasteiger charge is 2.35. The van der Waals surface area contributed by atoms with Gasteiger partial charge in [0.05, 0.1) is 24.4 Å². The quantitative estimate of drug-likeness (QED) is 0.661. The van der Waals surface area contributed by atoms with Gasteiger partial charge in [-0.3, -0.25) is 0 Å². The second kappa shape index (κ2) is 8.04. The predicted octanol–water partition coefficient (Wildman–Crippen LogP) is 2.59. The minimum absolute atomic E-state index is 0.0988. The first-order valence-electron chi connectivity index (χ1n) is 6.49. The Labute approximate surface area is 101 Å². The van der Waals surface area contributed by atoms with Crippen molar-refractivity contribution in [3.8, 4) is 0 Å². The molecule has 0 aromatic carbocycles. The molecule has 0 amide bonds. The minimum atomic E-state index is -0.0988. The van der Waals surface area contributed by atoms with Crippen molar-refractivity contribution in [2.75, 3.05) is 20.3 Å². The van der Waals surface area contributed by atoms with Crippen molar-refractivity contribution in [3.05, 3.63) is 0 Å². The first-order valence-corrected chi connectivity index (χ1v) is 6.49. The molecule has 0 aromatic heterocycles. The summed E-state index contributed by atoms with van der Waals surface area (Å²) in [5.74, 6) is 0. The Morgan fingerprint density at radius 3 is 2.00 bits per heavy atom. The Bertz CT molecular complexity index is 167. The number of nitrogens with one attached hydrogen (secondary N) is 1. The van der Waals surface area contributed by atoms with Gasteiger partial charge in [-0.15, -0.1) is 0 Å². The van der Waals surface area contributed by atoms with Crippen LogP contribution in [0.1, 0.15) is 47.5 Å². The maximum Gasteiger partial charge on any atom is 0.0851 e. The van der Waals surface area contributed by atoms with Crippen LogP contribution >= 0.6 is 0 Å². The number of rotatable bonds is 9. The molecule has 3 nitrogen and oxygen atoms in total. The summed E-state index contributed by atoms with van der Waals surface area (Å²) >= 11 is 0. The second-order valence-corrected chi connectivity index (χ2v) is 4.43. The highest BCUT2D eigenvalue weighted by atomic mass is 16.5. The van der Waals surface area contributed by atoms with Crippen molar-refractivity contribution in [1.29, 1.82) is 0 Å². The topological polar surface area (TPSA) is 30.5 Å². The first-order chi connectivity index (χ1) is 7.56. The van der Waals surface area contributed by atoms with Crippen LogP contribution in [0.5, 0.6) is 0 Å².